The summed E-state index contributed by atoms with van der Waals surface area (Å²) in [5, 5.41) is 0. The van der Waals surface area contributed by atoms with Crippen molar-refractivity contribution in [2.75, 3.05) is 14.2 Å². The van der Waals surface area contributed by atoms with Gasteiger partial charge in [0.25, 0.3) is 0 Å². The molecule has 1 aromatic carbocycles. The van der Waals surface area contributed by atoms with E-state index in [2.05, 4.69) is 9.58 Å². The number of carbonyl (C=O) groups is 1. The standard InChI is InChI=1S/C10H9NO3/c1-11-9-5-4-7(13-2)6-8(9)10(12)14-3/h4-6H,2-3H3. The van der Waals surface area contributed by atoms with E-state index in [0.717, 1.165) is 0 Å². The zero-order valence-electron chi connectivity index (χ0n) is 7.90. The van der Waals surface area contributed by atoms with Crippen molar-refractivity contribution in [1.82, 2.24) is 0 Å². The summed E-state index contributed by atoms with van der Waals surface area (Å²) in [6.45, 7) is 6.86. The second kappa shape index (κ2) is 4.28. The first-order valence-electron chi connectivity index (χ1n) is 3.86. The highest BCUT2D eigenvalue weighted by Gasteiger charge is 2.12. The maximum absolute atomic E-state index is 11.2. The lowest BCUT2D eigenvalue weighted by Gasteiger charge is -2.04. The van der Waals surface area contributed by atoms with Gasteiger partial charge in [0.2, 0.25) is 5.69 Å². The monoisotopic (exact) mass is 191 g/mol. The lowest BCUT2D eigenvalue weighted by atomic mass is 10.2. The van der Waals surface area contributed by atoms with Crippen molar-refractivity contribution < 1.29 is 14.3 Å². The van der Waals surface area contributed by atoms with Gasteiger partial charge in [0, 0.05) is 0 Å². The lowest BCUT2D eigenvalue weighted by Crippen LogP contribution is -2.01. The number of esters is 1. The van der Waals surface area contributed by atoms with Crippen LogP contribution in [-0.2, 0) is 4.74 Å². The molecule has 0 spiro atoms. The molecule has 0 N–H and O–H groups in total. The van der Waals surface area contributed by atoms with Crippen LogP contribution in [0.5, 0.6) is 5.75 Å². The number of rotatable bonds is 2. The van der Waals surface area contributed by atoms with Gasteiger partial charge >= 0.3 is 5.97 Å². The fourth-order valence-corrected chi connectivity index (χ4v) is 1.01. The van der Waals surface area contributed by atoms with Crippen molar-refractivity contribution in [3.63, 3.8) is 0 Å². The molecule has 1 rings (SSSR count). The van der Waals surface area contributed by atoms with Crippen molar-refractivity contribution in [2.24, 2.45) is 0 Å². The van der Waals surface area contributed by atoms with E-state index in [4.69, 9.17) is 11.3 Å². The molecule has 0 aliphatic carbocycles. The van der Waals surface area contributed by atoms with E-state index in [-0.39, 0.29) is 11.3 Å². The Hall–Kier alpha value is -2.02. The third-order valence-corrected chi connectivity index (χ3v) is 1.73. The first kappa shape index (κ1) is 10.1. The molecule has 0 atom stereocenters. The minimum absolute atomic E-state index is 0.224. The Morgan fingerprint density at radius 3 is 2.64 bits per heavy atom. The zero-order chi connectivity index (χ0) is 10.6. The fourth-order valence-electron chi connectivity index (χ4n) is 1.01. The van der Waals surface area contributed by atoms with E-state index in [9.17, 15) is 4.79 Å². The third kappa shape index (κ3) is 1.83. The highest BCUT2D eigenvalue weighted by molar-refractivity contribution is 5.96. The molecule has 4 heteroatoms. The van der Waals surface area contributed by atoms with Gasteiger partial charge in [0.1, 0.15) is 5.75 Å². The van der Waals surface area contributed by atoms with Gasteiger partial charge in [-0.25, -0.2) is 9.64 Å². The molecular weight excluding hydrogens is 182 g/mol. The van der Waals surface area contributed by atoms with Crippen LogP contribution < -0.4 is 4.74 Å². The molecule has 72 valence electrons. The number of methoxy groups -OCH3 is 2. The van der Waals surface area contributed by atoms with Gasteiger partial charge in [-0.3, -0.25) is 0 Å². The summed E-state index contributed by atoms with van der Waals surface area (Å²) in [5.41, 5.74) is 0.486. The molecule has 1 aromatic rings. The number of ether oxygens (including phenoxy) is 2. The Kier molecular flexibility index (Phi) is 3.08. The van der Waals surface area contributed by atoms with E-state index in [1.165, 1.54) is 26.4 Å². The average Bonchev–Trinajstić information content (AvgIpc) is 2.27. The molecule has 0 aromatic heterocycles. The van der Waals surface area contributed by atoms with Crippen molar-refractivity contribution >= 4 is 11.7 Å². The summed E-state index contributed by atoms with van der Waals surface area (Å²) in [4.78, 5) is 14.4. The second-order valence-corrected chi connectivity index (χ2v) is 2.49. The van der Waals surface area contributed by atoms with Crippen LogP contribution in [0.15, 0.2) is 18.2 Å². The quantitative estimate of drug-likeness (QED) is 0.530. The van der Waals surface area contributed by atoms with Gasteiger partial charge < -0.3 is 9.47 Å². The fraction of sp³-hybridized carbons (Fsp3) is 0.200. The van der Waals surface area contributed by atoms with Gasteiger partial charge in [0.05, 0.1) is 26.4 Å². The van der Waals surface area contributed by atoms with Gasteiger partial charge in [-0.2, -0.15) is 0 Å². The number of hydrogen-bond donors (Lipinski definition) is 0. The van der Waals surface area contributed by atoms with Crippen LogP contribution in [-0.4, -0.2) is 20.2 Å². The van der Waals surface area contributed by atoms with Crippen molar-refractivity contribution in [3.8, 4) is 5.75 Å². The highest BCUT2D eigenvalue weighted by atomic mass is 16.5. The molecule has 0 bridgehead atoms. The van der Waals surface area contributed by atoms with Crippen molar-refractivity contribution in [1.29, 1.82) is 0 Å². The summed E-state index contributed by atoms with van der Waals surface area (Å²) in [6, 6.07) is 4.64. The normalized spacial score (nSPS) is 8.93. The summed E-state index contributed by atoms with van der Waals surface area (Å²) in [6.07, 6.45) is 0. The predicted octanol–water partition coefficient (Wildman–Crippen LogP) is 2.03. The molecule has 0 radical (unpaired) electrons. The number of hydrogen-bond acceptors (Lipinski definition) is 3. The van der Waals surface area contributed by atoms with Gasteiger partial charge in [-0.15, -0.1) is 0 Å². The van der Waals surface area contributed by atoms with Crippen LogP contribution in [0.25, 0.3) is 4.85 Å². The molecule has 0 aliphatic heterocycles. The maximum atomic E-state index is 11.2. The molecular formula is C10H9NO3. The van der Waals surface area contributed by atoms with Crippen LogP contribution >= 0.6 is 0 Å². The molecule has 0 heterocycles. The summed E-state index contributed by atoms with van der Waals surface area (Å²) in [5.74, 6) is -0.00676. The van der Waals surface area contributed by atoms with Crippen LogP contribution in [0.1, 0.15) is 10.4 Å². The van der Waals surface area contributed by atoms with E-state index in [1.807, 2.05) is 0 Å². The minimum Gasteiger partial charge on any atom is -0.497 e. The number of benzene rings is 1. The molecule has 0 unspecified atom stereocenters. The second-order valence-electron chi connectivity index (χ2n) is 2.49. The Morgan fingerprint density at radius 1 is 1.43 bits per heavy atom. The molecule has 0 aliphatic rings. The van der Waals surface area contributed by atoms with E-state index < -0.39 is 5.97 Å². The summed E-state index contributed by atoms with van der Waals surface area (Å²) >= 11 is 0. The largest absolute Gasteiger partial charge is 0.497 e. The van der Waals surface area contributed by atoms with Gasteiger partial charge in [0.15, 0.2) is 0 Å². The number of nitrogens with zero attached hydrogens (tertiary/aromatic N) is 1. The average molecular weight is 191 g/mol. The van der Waals surface area contributed by atoms with Crippen LogP contribution in [0, 0.1) is 6.57 Å². The number of carbonyl (C=O) groups excluding carboxylic acids is 1. The Bertz CT molecular complexity index is 393. The van der Waals surface area contributed by atoms with Crippen LogP contribution in [0.3, 0.4) is 0 Å². The topological polar surface area (TPSA) is 39.9 Å². The molecule has 0 amide bonds. The van der Waals surface area contributed by atoms with Gasteiger partial charge in [-0.1, -0.05) is 6.07 Å². The molecule has 0 saturated carbocycles. The summed E-state index contributed by atoms with van der Waals surface area (Å²) < 4.78 is 9.48. The van der Waals surface area contributed by atoms with E-state index in [0.29, 0.717) is 5.75 Å². The Labute approximate surface area is 81.9 Å². The molecule has 0 saturated heterocycles. The van der Waals surface area contributed by atoms with Gasteiger partial charge in [-0.05, 0) is 12.1 Å². The SMILES string of the molecule is [C-]#[N+]c1ccc(OC)cc1C(=O)OC. The first-order valence-corrected chi connectivity index (χ1v) is 3.86. The first-order chi connectivity index (χ1) is 6.72. The third-order valence-electron chi connectivity index (χ3n) is 1.73. The molecule has 0 fully saturated rings. The maximum Gasteiger partial charge on any atom is 0.327 e. The van der Waals surface area contributed by atoms with Crippen LogP contribution in [0.4, 0.5) is 5.69 Å². The highest BCUT2D eigenvalue weighted by Crippen LogP contribution is 2.24. The molecule has 14 heavy (non-hydrogen) atoms. The lowest BCUT2D eigenvalue weighted by molar-refractivity contribution is 0.0601. The van der Waals surface area contributed by atoms with Crippen molar-refractivity contribution in [2.45, 2.75) is 0 Å². The Balaban J connectivity index is 3.23. The Morgan fingerprint density at radius 2 is 2.14 bits per heavy atom. The van der Waals surface area contributed by atoms with E-state index in [1.54, 1.807) is 6.07 Å². The van der Waals surface area contributed by atoms with Crippen molar-refractivity contribution in [3.05, 3.63) is 35.2 Å². The minimum atomic E-state index is -0.532. The van der Waals surface area contributed by atoms with Crippen LogP contribution in [0.2, 0.25) is 0 Å². The zero-order valence-corrected chi connectivity index (χ0v) is 7.90. The summed E-state index contributed by atoms with van der Waals surface area (Å²) in [7, 11) is 2.77. The molecule has 4 nitrogen and oxygen atoms in total. The van der Waals surface area contributed by atoms with E-state index >= 15 is 0 Å². The predicted molar refractivity (Wildman–Crippen MR) is 50.6 cm³/mol. The smallest absolute Gasteiger partial charge is 0.327 e.